The predicted molar refractivity (Wildman–Crippen MR) is 230 cm³/mol. The van der Waals surface area contributed by atoms with Crippen LogP contribution in [-0.2, 0) is 5.41 Å². The van der Waals surface area contributed by atoms with E-state index in [4.69, 9.17) is 0 Å². The van der Waals surface area contributed by atoms with Crippen LogP contribution in [0.1, 0.15) is 25.0 Å². The summed E-state index contributed by atoms with van der Waals surface area (Å²) < 4.78 is 0. The number of hydrogen-bond acceptors (Lipinski definition) is 1. The molecule has 10 rings (SSSR count). The summed E-state index contributed by atoms with van der Waals surface area (Å²) in [5.41, 5.74) is 16.2. The molecule has 0 N–H and O–H groups in total. The highest BCUT2D eigenvalue weighted by Gasteiger charge is 2.37. The summed E-state index contributed by atoms with van der Waals surface area (Å²) in [7, 11) is 0. The van der Waals surface area contributed by atoms with Crippen molar-refractivity contribution in [3.63, 3.8) is 0 Å². The van der Waals surface area contributed by atoms with Crippen molar-refractivity contribution in [3.8, 4) is 44.5 Å². The topological polar surface area (TPSA) is 3.24 Å². The zero-order chi connectivity index (χ0) is 36.2. The molecule has 0 radical (unpaired) electrons. The first-order chi connectivity index (χ1) is 26.5. The van der Waals surface area contributed by atoms with Crippen LogP contribution in [0.4, 0.5) is 17.1 Å². The van der Waals surface area contributed by atoms with Crippen molar-refractivity contribution in [1.29, 1.82) is 0 Å². The molecule has 0 heterocycles. The zero-order valence-corrected chi connectivity index (χ0v) is 30.5. The van der Waals surface area contributed by atoms with Crippen molar-refractivity contribution in [2.24, 2.45) is 0 Å². The third kappa shape index (κ3) is 5.24. The molecule has 0 spiro atoms. The minimum atomic E-state index is -0.0822. The molecule has 0 fully saturated rings. The van der Waals surface area contributed by atoms with Gasteiger partial charge in [-0.1, -0.05) is 178 Å². The Labute approximate surface area is 317 Å². The first-order valence-electron chi connectivity index (χ1n) is 18.8. The highest BCUT2D eigenvalue weighted by molar-refractivity contribution is 5.99. The van der Waals surface area contributed by atoms with Gasteiger partial charge < -0.3 is 4.90 Å². The van der Waals surface area contributed by atoms with Crippen molar-refractivity contribution in [3.05, 3.63) is 211 Å². The third-order valence-corrected chi connectivity index (χ3v) is 11.4. The lowest BCUT2D eigenvalue weighted by atomic mass is 9.79. The average Bonchev–Trinajstić information content (AvgIpc) is 3.47. The monoisotopic (exact) mass is 689 g/mol. The summed E-state index contributed by atoms with van der Waals surface area (Å²) in [4.78, 5) is 2.39. The molecule has 1 aliphatic carbocycles. The molecule has 1 nitrogen and oxygen atoms in total. The van der Waals surface area contributed by atoms with Crippen molar-refractivity contribution in [2.75, 3.05) is 4.90 Å². The fourth-order valence-corrected chi connectivity index (χ4v) is 8.88. The lowest BCUT2D eigenvalue weighted by Crippen LogP contribution is -2.16. The van der Waals surface area contributed by atoms with Crippen molar-refractivity contribution in [2.45, 2.75) is 19.3 Å². The van der Waals surface area contributed by atoms with Crippen LogP contribution in [0.15, 0.2) is 200 Å². The predicted octanol–water partition coefficient (Wildman–Crippen LogP) is 14.8. The normalized spacial score (nSPS) is 12.8. The summed E-state index contributed by atoms with van der Waals surface area (Å²) in [6.45, 7) is 4.73. The molecule has 0 saturated carbocycles. The maximum absolute atomic E-state index is 2.39. The number of anilines is 3. The van der Waals surface area contributed by atoms with E-state index >= 15 is 0 Å². The van der Waals surface area contributed by atoms with Crippen LogP contribution >= 0.6 is 0 Å². The smallest absolute Gasteiger partial charge is 0.0467 e. The van der Waals surface area contributed by atoms with E-state index in [1.807, 2.05) is 0 Å². The van der Waals surface area contributed by atoms with Gasteiger partial charge >= 0.3 is 0 Å². The van der Waals surface area contributed by atoms with E-state index in [0.717, 1.165) is 17.1 Å². The Morgan fingerprint density at radius 3 is 1.46 bits per heavy atom. The largest absolute Gasteiger partial charge is 0.310 e. The van der Waals surface area contributed by atoms with Crippen LogP contribution in [-0.4, -0.2) is 0 Å². The van der Waals surface area contributed by atoms with Gasteiger partial charge in [0.15, 0.2) is 0 Å². The van der Waals surface area contributed by atoms with E-state index in [9.17, 15) is 0 Å². The number of benzene rings is 9. The highest BCUT2D eigenvalue weighted by atomic mass is 15.1. The molecule has 0 amide bonds. The molecule has 1 aliphatic rings. The van der Waals surface area contributed by atoms with Gasteiger partial charge in [-0.25, -0.2) is 0 Å². The molecular weight excluding hydrogens is 651 g/mol. The van der Waals surface area contributed by atoms with Crippen LogP contribution in [0.2, 0.25) is 0 Å². The van der Waals surface area contributed by atoms with Gasteiger partial charge in [0.1, 0.15) is 0 Å². The summed E-state index contributed by atoms with van der Waals surface area (Å²) in [6, 6.07) is 73.3. The molecule has 54 heavy (non-hydrogen) atoms. The Morgan fingerprint density at radius 2 is 0.796 bits per heavy atom. The maximum Gasteiger partial charge on any atom is 0.0467 e. The van der Waals surface area contributed by atoms with Gasteiger partial charge in [0.2, 0.25) is 0 Å². The van der Waals surface area contributed by atoms with Crippen molar-refractivity contribution < 1.29 is 0 Å². The number of fused-ring (bicyclic) bond motifs is 5. The molecule has 0 aromatic heterocycles. The molecule has 0 aliphatic heterocycles. The van der Waals surface area contributed by atoms with E-state index in [-0.39, 0.29) is 5.41 Å². The summed E-state index contributed by atoms with van der Waals surface area (Å²) in [6.07, 6.45) is 0. The van der Waals surface area contributed by atoms with E-state index in [1.165, 1.54) is 77.2 Å². The minimum absolute atomic E-state index is 0.0822. The molecule has 1 heteroatoms. The number of hydrogen-bond donors (Lipinski definition) is 0. The molecular formula is C53H39N. The van der Waals surface area contributed by atoms with Gasteiger partial charge in [0, 0.05) is 22.5 Å². The molecule has 0 saturated heterocycles. The summed E-state index contributed by atoms with van der Waals surface area (Å²) in [5, 5.41) is 5.02. The second kappa shape index (κ2) is 12.8. The van der Waals surface area contributed by atoms with Crippen LogP contribution in [0.25, 0.3) is 66.1 Å². The molecule has 9 aromatic carbocycles. The van der Waals surface area contributed by atoms with Crippen molar-refractivity contribution >= 4 is 38.6 Å². The second-order valence-electron chi connectivity index (χ2n) is 14.9. The van der Waals surface area contributed by atoms with E-state index in [2.05, 4.69) is 219 Å². The molecule has 256 valence electrons. The lowest BCUT2D eigenvalue weighted by Gasteiger charge is -2.27. The lowest BCUT2D eigenvalue weighted by molar-refractivity contribution is 0.662. The maximum atomic E-state index is 2.39. The van der Waals surface area contributed by atoms with Gasteiger partial charge in [0.05, 0.1) is 0 Å². The average molecular weight is 690 g/mol. The molecule has 0 bridgehead atoms. The van der Waals surface area contributed by atoms with E-state index in [1.54, 1.807) is 0 Å². The summed E-state index contributed by atoms with van der Waals surface area (Å²) in [5.74, 6) is 0. The SMILES string of the molecule is CC1(C)c2ccccc2-c2cccc(-c3ccc(N(c4ccc(-c5cccc6ccccc56)cc4)c4cccc(-c5cccc6ccccc56)c4)cc3)c21. The molecule has 0 atom stereocenters. The fourth-order valence-electron chi connectivity index (χ4n) is 8.88. The Morgan fingerprint density at radius 1 is 0.333 bits per heavy atom. The van der Waals surface area contributed by atoms with E-state index in [0.29, 0.717) is 0 Å². The standard InChI is InChI=1S/C53H39N/c1-53(2)51-26-8-7-21-49(51)50-25-12-24-48(52(50)53)39-29-33-42(34-30-39)54(41-31-27-38(28-32-41)46-22-10-15-36-13-3-5-19-44(36)46)43-18-9-17-40(35-43)47-23-11-16-37-14-4-6-20-45(37)47/h3-35H,1-2H3. The van der Waals surface area contributed by atoms with Crippen LogP contribution in [0, 0.1) is 0 Å². The minimum Gasteiger partial charge on any atom is -0.310 e. The highest BCUT2D eigenvalue weighted by Crippen LogP contribution is 2.52. The number of rotatable bonds is 6. The van der Waals surface area contributed by atoms with Crippen LogP contribution in [0.3, 0.4) is 0 Å². The Bertz CT molecular complexity index is 2830. The van der Waals surface area contributed by atoms with Crippen LogP contribution in [0.5, 0.6) is 0 Å². The first kappa shape index (κ1) is 32.0. The van der Waals surface area contributed by atoms with Gasteiger partial charge in [-0.05, 0) is 114 Å². The van der Waals surface area contributed by atoms with Gasteiger partial charge in [-0.15, -0.1) is 0 Å². The van der Waals surface area contributed by atoms with Gasteiger partial charge in [0.25, 0.3) is 0 Å². The second-order valence-corrected chi connectivity index (χ2v) is 14.9. The van der Waals surface area contributed by atoms with Gasteiger partial charge in [-0.3, -0.25) is 0 Å². The third-order valence-electron chi connectivity index (χ3n) is 11.4. The van der Waals surface area contributed by atoms with Crippen molar-refractivity contribution in [1.82, 2.24) is 0 Å². The number of nitrogens with zero attached hydrogens (tertiary/aromatic N) is 1. The van der Waals surface area contributed by atoms with Gasteiger partial charge in [-0.2, -0.15) is 0 Å². The zero-order valence-electron chi connectivity index (χ0n) is 30.5. The Kier molecular flexibility index (Phi) is 7.56. The molecule has 9 aromatic rings. The quantitative estimate of drug-likeness (QED) is 0.168. The fraction of sp³-hybridized carbons (Fsp3) is 0.0566. The molecule has 0 unspecified atom stereocenters. The van der Waals surface area contributed by atoms with Crippen LogP contribution < -0.4 is 4.90 Å². The van der Waals surface area contributed by atoms with E-state index < -0.39 is 0 Å². The Balaban J connectivity index is 1.09. The summed E-state index contributed by atoms with van der Waals surface area (Å²) >= 11 is 0. The first-order valence-corrected chi connectivity index (χ1v) is 18.8. The Hall–Kier alpha value is -6.70.